The van der Waals surface area contributed by atoms with Crippen LogP contribution in [-0.4, -0.2) is 65.3 Å². The highest BCUT2D eigenvalue weighted by molar-refractivity contribution is 5.95. The minimum atomic E-state index is -1.31. The van der Waals surface area contributed by atoms with Gasteiger partial charge in [0.25, 0.3) is 5.97 Å². The number of rotatable bonds is 14. The number of benzene rings is 3. The predicted octanol–water partition coefficient (Wildman–Crippen LogP) is 4.29. The first kappa shape index (κ1) is 38.4. The molecule has 0 saturated carbocycles. The summed E-state index contributed by atoms with van der Waals surface area (Å²) in [5.74, 6) is -2.00. The van der Waals surface area contributed by atoms with E-state index in [1.807, 2.05) is 30.3 Å². The molecule has 258 valence electrons. The molecule has 0 spiro atoms. The van der Waals surface area contributed by atoms with Gasteiger partial charge >= 0.3 is 12.1 Å². The normalized spacial score (nSPS) is 11.8. The second-order valence-electron chi connectivity index (χ2n) is 11.4. The molecule has 3 aromatic carbocycles. The fourth-order valence-electron chi connectivity index (χ4n) is 4.08. The number of amides is 2. The summed E-state index contributed by atoms with van der Waals surface area (Å²) in [4.78, 5) is 46.7. The molecule has 0 radical (unpaired) electrons. The van der Waals surface area contributed by atoms with Crippen LogP contribution in [0.2, 0.25) is 0 Å². The lowest BCUT2D eigenvalue weighted by Crippen LogP contribution is -2.46. The third-order valence-electron chi connectivity index (χ3n) is 6.24. The van der Waals surface area contributed by atoms with Crippen molar-refractivity contribution >= 4 is 35.5 Å². The summed E-state index contributed by atoms with van der Waals surface area (Å²) in [7, 11) is 1.48. The van der Waals surface area contributed by atoms with Crippen molar-refractivity contribution in [2.24, 2.45) is 5.73 Å². The number of amidine groups is 1. The number of carboxylic acids is 2. The molecule has 14 nitrogen and oxygen atoms in total. The van der Waals surface area contributed by atoms with Crippen molar-refractivity contribution in [1.82, 2.24) is 10.6 Å². The average Bonchev–Trinajstić information content (AvgIpc) is 3.01. The molecule has 48 heavy (non-hydrogen) atoms. The number of ether oxygens (including phenoxy) is 3. The predicted molar refractivity (Wildman–Crippen MR) is 179 cm³/mol. The van der Waals surface area contributed by atoms with E-state index < -0.39 is 41.6 Å². The van der Waals surface area contributed by atoms with Crippen LogP contribution in [-0.2, 0) is 25.7 Å². The lowest BCUT2D eigenvalue weighted by molar-refractivity contribution is -0.142. The van der Waals surface area contributed by atoms with E-state index in [0.29, 0.717) is 34.9 Å². The van der Waals surface area contributed by atoms with Crippen molar-refractivity contribution in [3.63, 3.8) is 0 Å². The highest BCUT2D eigenvalue weighted by Crippen LogP contribution is 2.32. The maximum atomic E-state index is 13.6. The SMILES string of the molecule is CC(=O)O.COc1cc([C@@H](Nc2ccc(C(=N)N)cc2)C(=O)N[C@@H](CCNC(=O)OC(C)(C)C)C(=O)O)ccc1OCc1ccccc1. The van der Waals surface area contributed by atoms with Gasteiger partial charge in [-0.3, -0.25) is 15.0 Å². The monoisotopic (exact) mass is 665 g/mol. The van der Waals surface area contributed by atoms with Crippen LogP contribution >= 0.6 is 0 Å². The van der Waals surface area contributed by atoms with E-state index in [1.54, 1.807) is 63.2 Å². The van der Waals surface area contributed by atoms with Crippen molar-refractivity contribution in [1.29, 1.82) is 5.41 Å². The summed E-state index contributed by atoms with van der Waals surface area (Å²) in [5.41, 5.74) is 7.32. The van der Waals surface area contributed by atoms with Crippen LogP contribution in [0.4, 0.5) is 10.5 Å². The van der Waals surface area contributed by atoms with Crippen LogP contribution in [0.3, 0.4) is 0 Å². The molecule has 0 fully saturated rings. The fourth-order valence-corrected chi connectivity index (χ4v) is 4.08. The molecule has 0 bridgehead atoms. The lowest BCUT2D eigenvalue weighted by atomic mass is 10.0. The molecule has 0 aliphatic rings. The number of nitrogens with two attached hydrogens (primary N) is 1. The van der Waals surface area contributed by atoms with Gasteiger partial charge in [-0.15, -0.1) is 0 Å². The van der Waals surface area contributed by atoms with Gasteiger partial charge in [0.05, 0.1) is 7.11 Å². The molecule has 0 aliphatic carbocycles. The Balaban J connectivity index is 0.00000189. The van der Waals surface area contributed by atoms with Gasteiger partial charge in [-0.25, -0.2) is 9.59 Å². The smallest absolute Gasteiger partial charge is 0.407 e. The zero-order chi connectivity index (χ0) is 35.9. The van der Waals surface area contributed by atoms with Crippen LogP contribution in [0.15, 0.2) is 72.8 Å². The zero-order valence-corrected chi connectivity index (χ0v) is 27.5. The maximum absolute atomic E-state index is 13.6. The molecule has 0 heterocycles. The van der Waals surface area contributed by atoms with Crippen molar-refractivity contribution < 1.29 is 43.6 Å². The van der Waals surface area contributed by atoms with Gasteiger partial charge in [0.15, 0.2) is 11.5 Å². The third kappa shape index (κ3) is 13.7. The van der Waals surface area contributed by atoms with E-state index in [0.717, 1.165) is 12.5 Å². The summed E-state index contributed by atoms with van der Waals surface area (Å²) in [5, 5.41) is 33.1. The van der Waals surface area contributed by atoms with Gasteiger partial charge in [-0.1, -0.05) is 36.4 Å². The van der Waals surface area contributed by atoms with Gasteiger partial charge in [0.1, 0.15) is 30.1 Å². The average molecular weight is 666 g/mol. The molecule has 0 aromatic heterocycles. The van der Waals surface area contributed by atoms with Crippen molar-refractivity contribution in [3.8, 4) is 11.5 Å². The summed E-state index contributed by atoms with van der Waals surface area (Å²) in [6.45, 7) is 6.48. The van der Waals surface area contributed by atoms with Crippen LogP contribution in [0, 0.1) is 5.41 Å². The van der Waals surface area contributed by atoms with Crippen molar-refractivity contribution in [2.45, 2.75) is 58.4 Å². The van der Waals surface area contributed by atoms with E-state index in [4.69, 9.17) is 35.3 Å². The Bertz CT molecular complexity index is 1540. The van der Waals surface area contributed by atoms with Gasteiger partial charge in [-0.2, -0.15) is 0 Å². The van der Waals surface area contributed by atoms with Gasteiger partial charge < -0.3 is 46.1 Å². The molecule has 2 amide bonds. The molecule has 14 heteroatoms. The summed E-state index contributed by atoms with van der Waals surface area (Å²) < 4.78 is 16.7. The number of nitrogens with one attached hydrogen (secondary N) is 4. The highest BCUT2D eigenvalue weighted by Gasteiger charge is 2.28. The second kappa shape index (κ2) is 18.4. The van der Waals surface area contributed by atoms with Gasteiger partial charge in [-0.05, 0) is 74.7 Å². The molecular formula is C34H43N5O9. The van der Waals surface area contributed by atoms with Crippen molar-refractivity contribution in [3.05, 3.63) is 89.5 Å². The lowest BCUT2D eigenvalue weighted by Gasteiger charge is -2.24. The Hall–Kier alpha value is -5.79. The Morgan fingerprint density at radius 1 is 0.938 bits per heavy atom. The minimum absolute atomic E-state index is 0.0436. The molecule has 0 unspecified atom stereocenters. The summed E-state index contributed by atoms with van der Waals surface area (Å²) in [6.07, 6.45) is -0.779. The van der Waals surface area contributed by atoms with E-state index in [-0.39, 0.29) is 18.8 Å². The molecule has 0 saturated heterocycles. The van der Waals surface area contributed by atoms with Gasteiger partial charge in [0.2, 0.25) is 5.91 Å². The number of methoxy groups -OCH3 is 1. The molecule has 2 atom stereocenters. The van der Waals surface area contributed by atoms with Crippen LogP contribution in [0.1, 0.15) is 56.8 Å². The second-order valence-corrected chi connectivity index (χ2v) is 11.4. The number of anilines is 1. The van der Waals surface area contributed by atoms with Crippen LogP contribution < -0.4 is 31.2 Å². The number of carbonyl (C=O) groups is 4. The molecule has 0 aliphatic heterocycles. The molecule has 3 aromatic rings. The zero-order valence-electron chi connectivity index (χ0n) is 27.5. The van der Waals surface area contributed by atoms with Crippen LogP contribution in [0.25, 0.3) is 0 Å². The molecule has 3 rings (SSSR count). The van der Waals surface area contributed by atoms with E-state index >= 15 is 0 Å². The van der Waals surface area contributed by atoms with Crippen molar-refractivity contribution in [2.75, 3.05) is 19.0 Å². The number of hydrogen-bond donors (Lipinski definition) is 7. The molecular weight excluding hydrogens is 622 g/mol. The number of hydrogen-bond acceptors (Lipinski definition) is 9. The number of alkyl carbamates (subject to hydrolysis) is 1. The largest absolute Gasteiger partial charge is 0.493 e. The number of nitrogen functional groups attached to an aromatic ring is 1. The van der Waals surface area contributed by atoms with E-state index in [1.165, 1.54) is 7.11 Å². The third-order valence-corrected chi connectivity index (χ3v) is 6.24. The Kier molecular flexibility index (Phi) is 14.7. The number of carboxylic acid groups (broad SMARTS) is 2. The Morgan fingerprint density at radius 2 is 1.56 bits per heavy atom. The Labute approximate surface area is 279 Å². The highest BCUT2D eigenvalue weighted by atomic mass is 16.6. The first-order valence-corrected chi connectivity index (χ1v) is 14.8. The summed E-state index contributed by atoms with van der Waals surface area (Å²) in [6, 6.07) is 18.8. The number of carbonyl (C=O) groups excluding carboxylic acids is 2. The van der Waals surface area contributed by atoms with Crippen LogP contribution in [0.5, 0.6) is 11.5 Å². The quantitative estimate of drug-likeness (QED) is 0.0950. The minimum Gasteiger partial charge on any atom is -0.493 e. The summed E-state index contributed by atoms with van der Waals surface area (Å²) >= 11 is 0. The first-order valence-electron chi connectivity index (χ1n) is 14.8. The topological polar surface area (TPSA) is 222 Å². The fraction of sp³-hybridized carbons (Fsp3) is 0.324. The maximum Gasteiger partial charge on any atom is 0.407 e. The molecule has 8 N–H and O–H groups in total. The van der Waals surface area contributed by atoms with E-state index in [2.05, 4.69) is 16.0 Å². The number of aliphatic carboxylic acids is 2. The Morgan fingerprint density at radius 3 is 2.10 bits per heavy atom. The van der Waals surface area contributed by atoms with Gasteiger partial charge in [0, 0.05) is 24.7 Å². The standard InChI is InChI=1S/C32H39N5O7.C2H4O2/c1-32(2,3)44-31(41)35-17-16-24(30(39)40)37-29(38)27(36-23-13-10-21(11-14-23)28(33)34)22-12-15-25(26(18-22)42-4)43-19-20-8-6-5-7-9-20;1-2(3)4/h5-15,18,24,27,36H,16-17,19H2,1-4H3,(H3,33,34)(H,35,41)(H,37,38)(H,39,40);1H3,(H,3,4)/t24-,27+;/m0./s1. The first-order chi connectivity index (χ1) is 22.6. The van der Waals surface area contributed by atoms with E-state index in [9.17, 15) is 19.5 Å².